The average molecular weight is 242 g/mol. The second-order valence-electron chi connectivity index (χ2n) is 5.70. The summed E-state index contributed by atoms with van der Waals surface area (Å²) < 4.78 is 0. The van der Waals surface area contributed by atoms with Crippen LogP contribution in [-0.2, 0) is 0 Å². The highest BCUT2D eigenvalue weighted by Crippen LogP contribution is 2.36. The lowest BCUT2D eigenvalue weighted by Gasteiger charge is -2.24. The maximum absolute atomic E-state index is 11.6. The highest BCUT2D eigenvalue weighted by molar-refractivity contribution is 5.73. The Hall–Kier alpha value is -0.770. The molecule has 0 spiro atoms. The lowest BCUT2D eigenvalue weighted by atomic mass is 9.89. The molecule has 1 saturated carbocycles. The zero-order valence-electron chi connectivity index (χ0n) is 11.1. The molecule has 3 N–H and O–H groups in total. The number of rotatable bonds is 6. The highest BCUT2D eigenvalue weighted by Gasteiger charge is 2.28. The summed E-state index contributed by atoms with van der Waals surface area (Å²) in [5.41, 5.74) is 0.300. The average Bonchev–Trinajstić information content (AvgIpc) is 2.72. The predicted molar refractivity (Wildman–Crippen MR) is 68.8 cm³/mol. The second kappa shape index (κ2) is 6.84. The number of nitrogens with one attached hydrogen (secondary N) is 2. The summed E-state index contributed by atoms with van der Waals surface area (Å²) in [6.45, 7) is 5.85. The summed E-state index contributed by atoms with van der Waals surface area (Å²) in [5.74, 6) is 0.327. The van der Waals surface area contributed by atoms with Gasteiger partial charge in [-0.05, 0) is 30.6 Å². The molecule has 2 amide bonds. The Kier molecular flexibility index (Phi) is 5.75. The Morgan fingerprint density at radius 3 is 2.59 bits per heavy atom. The first-order chi connectivity index (χ1) is 8.06. The summed E-state index contributed by atoms with van der Waals surface area (Å²) in [6, 6.07) is -0.0806. The van der Waals surface area contributed by atoms with Gasteiger partial charge in [-0.25, -0.2) is 4.79 Å². The maximum atomic E-state index is 11.6. The lowest BCUT2D eigenvalue weighted by Crippen LogP contribution is -2.42. The first-order valence-corrected chi connectivity index (χ1v) is 6.68. The molecular formula is C13H26N2O2. The molecule has 1 aliphatic carbocycles. The van der Waals surface area contributed by atoms with Crippen molar-refractivity contribution in [3.63, 3.8) is 0 Å². The molecule has 1 unspecified atom stereocenters. The van der Waals surface area contributed by atoms with Gasteiger partial charge in [0.15, 0.2) is 0 Å². The molecule has 0 aliphatic heterocycles. The van der Waals surface area contributed by atoms with Crippen molar-refractivity contribution in [2.45, 2.75) is 46.0 Å². The van der Waals surface area contributed by atoms with E-state index < -0.39 is 0 Å². The number of aliphatic hydroxyl groups excluding tert-OH is 1. The van der Waals surface area contributed by atoms with Crippen LogP contribution in [-0.4, -0.2) is 30.8 Å². The quantitative estimate of drug-likeness (QED) is 0.666. The molecule has 0 radical (unpaired) electrons. The summed E-state index contributed by atoms with van der Waals surface area (Å²) in [6.07, 6.45) is 5.74. The molecule has 4 heteroatoms. The molecule has 100 valence electrons. The molecule has 1 aliphatic rings. The molecule has 1 fully saturated rings. The van der Waals surface area contributed by atoms with Crippen molar-refractivity contribution in [1.29, 1.82) is 0 Å². The van der Waals surface area contributed by atoms with Crippen LogP contribution in [0.1, 0.15) is 46.0 Å². The third-order valence-electron chi connectivity index (χ3n) is 3.72. The Balaban J connectivity index is 2.12. The summed E-state index contributed by atoms with van der Waals surface area (Å²) in [4.78, 5) is 11.6. The number of aliphatic hydroxyl groups is 1. The number of hydrogen-bond donors (Lipinski definition) is 3. The van der Waals surface area contributed by atoms with Gasteiger partial charge in [-0.1, -0.05) is 26.7 Å². The Labute approximate surface area is 104 Å². The largest absolute Gasteiger partial charge is 0.396 e. The minimum atomic E-state index is -0.0806. The smallest absolute Gasteiger partial charge is 0.314 e. The molecule has 0 aromatic rings. The molecule has 0 heterocycles. The van der Waals surface area contributed by atoms with E-state index in [2.05, 4.69) is 17.6 Å². The van der Waals surface area contributed by atoms with Crippen molar-refractivity contribution in [3.8, 4) is 0 Å². The molecule has 1 atom stereocenters. The minimum Gasteiger partial charge on any atom is -0.396 e. The van der Waals surface area contributed by atoms with Gasteiger partial charge in [0.2, 0.25) is 0 Å². The van der Waals surface area contributed by atoms with Gasteiger partial charge in [0.25, 0.3) is 0 Å². The van der Waals surface area contributed by atoms with Crippen LogP contribution in [0.15, 0.2) is 0 Å². The van der Waals surface area contributed by atoms with Crippen molar-refractivity contribution >= 4 is 6.03 Å². The van der Waals surface area contributed by atoms with E-state index in [4.69, 9.17) is 5.11 Å². The van der Waals surface area contributed by atoms with E-state index in [0.717, 1.165) is 13.0 Å². The summed E-state index contributed by atoms with van der Waals surface area (Å²) in [7, 11) is 0. The van der Waals surface area contributed by atoms with Crippen molar-refractivity contribution in [1.82, 2.24) is 10.6 Å². The number of hydrogen-bond acceptors (Lipinski definition) is 2. The number of carbonyl (C=O) groups is 1. The van der Waals surface area contributed by atoms with E-state index in [1.807, 2.05) is 6.92 Å². The van der Waals surface area contributed by atoms with E-state index in [9.17, 15) is 4.79 Å². The number of urea groups is 1. The SMILES string of the molecule is CC(CCO)CNC(=O)NCC1(C)CCCC1. The topological polar surface area (TPSA) is 61.4 Å². The fourth-order valence-corrected chi connectivity index (χ4v) is 2.35. The second-order valence-corrected chi connectivity index (χ2v) is 5.70. The van der Waals surface area contributed by atoms with Crippen LogP contribution >= 0.6 is 0 Å². The Morgan fingerprint density at radius 1 is 1.35 bits per heavy atom. The third-order valence-corrected chi connectivity index (χ3v) is 3.72. The maximum Gasteiger partial charge on any atom is 0.314 e. The zero-order valence-corrected chi connectivity index (χ0v) is 11.1. The normalized spacial score (nSPS) is 19.9. The molecule has 17 heavy (non-hydrogen) atoms. The van der Waals surface area contributed by atoms with E-state index in [1.54, 1.807) is 0 Å². The van der Waals surface area contributed by atoms with E-state index in [1.165, 1.54) is 25.7 Å². The van der Waals surface area contributed by atoms with Crippen molar-refractivity contribution in [2.75, 3.05) is 19.7 Å². The molecule has 0 aromatic heterocycles. The molecule has 1 rings (SSSR count). The number of amides is 2. The van der Waals surface area contributed by atoms with Crippen LogP contribution in [0.5, 0.6) is 0 Å². The van der Waals surface area contributed by atoms with Crippen LogP contribution in [0.2, 0.25) is 0 Å². The van der Waals surface area contributed by atoms with Crippen LogP contribution in [0.3, 0.4) is 0 Å². The molecular weight excluding hydrogens is 216 g/mol. The lowest BCUT2D eigenvalue weighted by molar-refractivity contribution is 0.226. The van der Waals surface area contributed by atoms with E-state index in [0.29, 0.717) is 17.9 Å². The number of carbonyl (C=O) groups excluding carboxylic acids is 1. The van der Waals surface area contributed by atoms with Crippen molar-refractivity contribution in [2.24, 2.45) is 11.3 Å². The van der Waals surface area contributed by atoms with Gasteiger partial charge in [-0.2, -0.15) is 0 Å². The first-order valence-electron chi connectivity index (χ1n) is 6.68. The van der Waals surface area contributed by atoms with Crippen molar-refractivity contribution < 1.29 is 9.90 Å². The van der Waals surface area contributed by atoms with Crippen molar-refractivity contribution in [3.05, 3.63) is 0 Å². The van der Waals surface area contributed by atoms with Crippen LogP contribution in [0.25, 0.3) is 0 Å². The molecule has 0 aromatic carbocycles. The third kappa shape index (κ3) is 5.39. The predicted octanol–water partition coefficient (Wildman–Crippen LogP) is 1.88. The van der Waals surface area contributed by atoms with Gasteiger partial charge in [-0.3, -0.25) is 0 Å². The molecule has 0 saturated heterocycles. The van der Waals surface area contributed by atoms with Gasteiger partial charge in [0.1, 0.15) is 0 Å². The zero-order chi connectivity index (χ0) is 12.7. The monoisotopic (exact) mass is 242 g/mol. The fourth-order valence-electron chi connectivity index (χ4n) is 2.35. The standard InChI is InChI=1S/C13H26N2O2/c1-11(5-8-16)9-14-12(17)15-10-13(2)6-3-4-7-13/h11,16H,3-10H2,1-2H3,(H2,14,15,17). The van der Waals surface area contributed by atoms with Crippen LogP contribution in [0, 0.1) is 11.3 Å². The van der Waals surface area contributed by atoms with Gasteiger partial charge in [0, 0.05) is 19.7 Å². The summed E-state index contributed by atoms with van der Waals surface area (Å²) >= 11 is 0. The van der Waals surface area contributed by atoms with Crippen LogP contribution < -0.4 is 10.6 Å². The van der Waals surface area contributed by atoms with E-state index in [-0.39, 0.29) is 12.6 Å². The van der Waals surface area contributed by atoms with Gasteiger partial charge >= 0.3 is 6.03 Å². The van der Waals surface area contributed by atoms with E-state index >= 15 is 0 Å². The first kappa shape index (κ1) is 14.3. The fraction of sp³-hybridized carbons (Fsp3) is 0.923. The molecule has 0 bridgehead atoms. The van der Waals surface area contributed by atoms with Gasteiger partial charge in [-0.15, -0.1) is 0 Å². The Bertz CT molecular complexity index is 238. The summed E-state index contributed by atoms with van der Waals surface area (Å²) in [5, 5.41) is 14.6. The van der Waals surface area contributed by atoms with Crippen LogP contribution in [0.4, 0.5) is 4.79 Å². The van der Waals surface area contributed by atoms with Gasteiger partial charge < -0.3 is 15.7 Å². The Morgan fingerprint density at radius 2 is 2.00 bits per heavy atom. The highest BCUT2D eigenvalue weighted by atomic mass is 16.3. The van der Waals surface area contributed by atoms with Gasteiger partial charge in [0.05, 0.1) is 0 Å². The minimum absolute atomic E-state index is 0.0806. The molecule has 4 nitrogen and oxygen atoms in total.